The Hall–Kier alpha value is -3.40. The number of nitrogens with zero attached hydrogens (tertiary/aromatic N) is 1. The highest BCUT2D eigenvalue weighted by Crippen LogP contribution is 2.37. The van der Waals surface area contributed by atoms with Crippen LogP contribution in [0.2, 0.25) is 0 Å². The van der Waals surface area contributed by atoms with Gasteiger partial charge >= 0.3 is 0 Å². The molecule has 0 bridgehead atoms. The summed E-state index contributed by atoms with van der Waals surface area (Å²) < 4.78 is 0. The van der Waals surface area contributed by atoms with Gasteiger partial charge in [-0.25, -0.2) is 0 Å². The van der Waals surface area contributed by atoms with Crippen LogP contribution in [0.25, 0.3) is 22.0 Å². The number of nitro groups is 1. The fourth-order valence-electron chi connectivity index (χ4n) is 4.02. The topological polar surface area (TPSA) is 58.9 Å². The van der Waals surface area contributed by atoms with Crippen molar-refractivity contribution >= 4 is 10.9 Å². The minimum atomic E-state index is -0.736. The zero-order valence-electron chi connectivity index (χ0n) is 15.9. The second-order valence-corrected chi connectivity index (χ2v) is 7.20. The number of fused-ring (bicyclic) bond motifs is 1. The molecule has 4 rings (SSSR count). The van der Waals surface area contributed by atoms with E-state index in [4.69, 9.17) is 0 Å². The number of aromatic nitrogens is 1. The zero-order valence-corrected chi connectivity index (χ0v) is 15.9. The molecule has 0 radical (unpaired) electrons. The molecule has 0 aliphatic carbocycles. The standard InChI is InChI=1S/C24H22N2O2/c1-16-23(21-10-6-7-11-22(21)25-16)24(17(2)26(27)28)20-14-12-19(13-15-20)18-8-4-3-5-9-18/h3-15,17,24-25H,1-2H3/t17-,24+/m1/s1. The fourth-order valence-corrected chi connectivity index (χ4v) is 4.02. The molecule has 0 fully saturated rings. The summed E-state index contributed by atoms with van der Waals surface area (Å²) in [4.78, 5) is 14.9. The van der Waals surface area contributed by atoms with E-state index in [-0.39, 0.29) is 10.8 Å². The lowest BCUT2D eigenvalue weighted by molar-refractivity contribution is -0.520. The van der Waals surface area contributed by atoms with Crippen molar-refractivity contribution in [3.8, 4) is 11.1 Å². The Bertz CT molecular complexity index is 1110. The molecule has 28 heavy (non-hydrogen) atoms. The average Bonchev–Trinajstić information content (AvgIpc) is 3.05. The van der Waals surface area contributed by atoms with Crippen LogP contribution in [-0.2, 0) is 0 Å². The molecule has 2 atom stereocenters. The van der Waals surface area contributed by atoms with Crippen molar-refractivity contribution in [2.75, 3.05) is 0 Å². The third-order valence-corrected chi connectivity index (χ3v) is 5.45. The van der Waals surface area contributed by atoms with Crippen LogP contribution in [0, 0.1) is 17.0 Å². The number of hydrogen-bond donors (Lipinski definition) is 1. The first-order valence-corrected chi connectivity index (χ1v) is 9.42. The van der Waals surface area contributed by atoms with E-state index in [0.29, 0.717) is 0 Å². The molecule has 1 aromatic heterocycles. The Balaban J connectivity index is 1.83. The monoisotopic (exact) mass is 370 g/mol. The Morgan fingerprint density at radius 2 is 1.46 bits per heavy atom. The molecule has 0 spiro atoms. The first-order chi connectivity index (χ1) is 13.6. The molecule has 1 heterocycles. The van der Waals surface area contributed by atoms with Gasteiger partial charge in [0.05, 0.1) is 5.92 Å². The molecule has 0 aliphatic heterocycles. The second-order valence-electron chi connectivity index (χ2n) is 7.20. The summed E-state index contributed by atoms with van der Waals surface area (Å²) >= 11 is 0. The lowest BCUT2D eigenvalue weighted by Gasteiger charge is -2.20. The van der Waals surface area contributed by atoms with E-state index < -0.39 is 6.04 Å². The van der Waals surface area contributed by atoms with Crippen molar-refractivity contribution in [2.45, 2.75) is 25.8 Å². The van der Waals surface area contributed by atoms with Gasteiger partial charge in [-0.1, -0.05) is 72.8 Å². The van der Waals surface area contributed by atoms with Gasteiger partial charge in [0.1, 0.15) is 0 Å². The highest BCUT2D eigenvalue weighted by molar-refractivity contribution is 5.85. The molecule has 140 valence electrons. The first kappa shape index (κ1) is 18.0. The van der Waals surface area contributed by atoms with Gasteiger partial charge in [0.25, 0.3) is 0 Å². The van der Waals surface area contributed by atoms with E-state index in [1.165, 1.54) is 0 Å². The van der Waals surface area contributed by atoms with Gasteiger partial charge < -0.3 is 4.98 Å². The lowest BCUT2D eigenvalue weighted by atomic mass is 9.84. The molecule has 1 N–H and O–H groups in total. The average molecular weight is 370 g/mol. The van der Waals surface area contributed by atoms with E-state index in [1.54, 1.807) is 6.92 Å². The molecule has 0 saturated heterocycles. The van der Waals surface area contributed by atoms with Gasteiger partial charge in [-0.15, -0.1) is 0 Å². The van der Waals surface area contributed by atoms with Crippen LogP contribution in [-0.4, -0.2) is 15.9 Å². The summed E-state index contributed by atoms with van der Waals surface area (Å²) in [7, 11) is 0. The third-order valence-electron chi connectivity index (χ3n) is 5.45. The number of rotatable bonds is 5. The Kier molecular flexibility index (Phi) is 4.70. The van der Waals surface area contributed by atoms with Crippen LogP contribution in [0.3, 0.4) is 0 Å². The molecular weight excluding hydrogens is 348 g/mol. The third kappa shape index (κ3) is 3.18. The smallest absolute Gasteiger partial charge is 0.221 e. The van der Waals surface area contributed by atoms with E-state index in [1.807, 2.05) is 61.5 Å². The van der Waals surface area contributed by atoms with Gasteiger partial charge in [0, 0.05) is 28.4 Å². The highest BCUT2D eigenvalue weighted by atomic mass is 16.6. The van der Waals surface area contributed by atoms with E-state index in [2.05, 4.69) is 29.2 Å². The van der Waals surface area contributed by atoms with Crippen molar-refractivity contribution in [1.29, 1.82) is 0 Å². The van der Waals surface area contributed by atoms with Crippen molar-refractivity contribution < 1.29 is 4.92 Å². The van der Waals surface area contributed by atoms with E-state index in [0.717, 1.165) is 38.9 Å². The maximum Gasteiger partial charge on any atom is 0.221 e. The molecule has 4 nitrogen and oxygen atoms in total. The summed E-state index contributed by atoms with van der Waals surface area (Å²) in [6, 6.07) is 25.6. The molecular formula is C24H22N2O2. The SMILES string of the molecule is Cc1[nH]c2ccccc2c1[C@H](c1ccc(-c2ccccc2)cc1)[C@@H](C)[N+](=O)[O-]. The van der Waals surface area contributed by atoms with Gasteiger partial charge in [0.15, 0.2) is 0 Å². The zero-order chi connectivity index (χ0) is 19.7. The minimum absolute atomic E-state index is 0.184. The van der Waals surface area contributed by atoms with Crippen molar-refractivity contribution in [1.82, 2.24) is 4.98 Å². The van der Waals surface area contributed by atoms with Crippen molar-refractivity contribution in [3.63, 3.8) is 0 Å². The summed E-state index contributed by atoms with van der Waals surface area (Å²) in [6.07, 6.45) is 0. The maximum absolute atomic E-state index is 11.7. The highest BCUT2D eigenvalue weighted by Gasteiger charge is 2.33. The van der Waals surface area contributed by atoms with Crippen LogP contribution in [0.5, 0.6) is 0 Å². The van der Waals surface area contributed by atoms with Gasteiger partial charge in [-0.2, -0.15) is 0 Å². The predicted octanol–water partition coefficient (Wildman–Crippen LogP) is 5.94. The van der Waals surface area contributed by atoms with Gasteiger partial charge in [-0.05, 0) is 35.2 Å². The second kappa shape index (κ2) is 7.31. The molecule has 0 saturated carbocycles. The largest absolute Gasteiger partial charge is 0.358 e. The van der Waals surface area contributed by atoms with Gasteiger partial charge in [0.2, 0.25) is 6.04 Å². The number of hydrogen-bond acceptors (Lipinski definition) is 2. The minimum Gasteiger partial charge on any atom is -0.358 e. The molecule has 0 unspecified atom stereocenters. The molecule has 0 amide bonds. The molecule has 0 aliphatic rings. The number of H-pyrrole nitrogens is 1. The van der Waals surface area contributed by atoms with Crippen LogP contribution in [0.15, 0.2) is 78.9 Å². The summed E-state index contributed by atoms with van der Waals surface area (Å²) in [5.41, 5.74) is 6.19. The first-order valence-electron chi connectivity index (χ1n) is 9.42. The van der Waals surface area contributed by atoms with Crippen LogP contribution in [0.1, 0.15) is 29.7 Å². The Labute approximate surface area is 164 Å². The quantitative estimate of drug-likeness (QED) is 0.349. The summed E-state index contributed by atoms with van der Waals surface area (Å²) in [5.74, 6) is -0.323. The van der Waals surface area contributed by atoms with E-state index in [9.17, 15) is 10.1 Å². The number of para-hydroxylation sites is 1. The van der Waals surface area contributed by atoms with E-state index >= 15 is 0 Å². The Morgan fingerprint density at radius 3 is 2.14 bits per heavy atom. The van der Waals surface area contributed by atoms with Crippen molar-refractivity contribution in [2.24, 2.45) is 0 Å². The van der Waals surface area contributed by atoms with Gasteiger partial charge in [-0.3, -0.25) is 10.1 Å². The number of benzene rings is 3. The predicted molar refractivity (Wildman–Crippen MR) is 113 cm³/mol. The number of nitrogens with one attached hydrogen (secondary N) is 1. The van der Waals surface area contributed by atoms with Crippen LogP contribution in [0.4, 0.5) is 0 Å². The summed E-state index contributed by atoms with van der Waals surface area (Å²) in [5, 5.41) is 12.8. The van der Waals surface area contributed by atoms with Crippen LogP contribution < -0.4 is 0 Å². The maximum atomic E-state index is 11.7. The summed E-state index contributed by atoms with van der Waals surface area (Å²) in [6.45, 7) is 3.68. The number of aromatic amines is 1. The Morgan fingerprint density at radius 1 is 0.857 bits per heavy atom. The normalized spacial score (nSPS) is 13.4. The van der Waals surface area contributed by atoms with Crippen molar-refractivity contribution in [3.05, 3.63) is 106 Å². The molecule has 4 aromatic rings. The fraction of sp³-hybridized carbons (Fsp3) is 0.167. The lowest BCUT2D eigenvalue weighted by Crippen LogP contribution is -2.25. The molecule has 3 aromatic carbocycles. The van der Waals surface area contributed by atoms with Crippen LogP contribution >= 0.6 is 0 Å². The number of aryl methyl sites for hydroxylation is 1. The molecule has 4 heteroatoms.